The van der Waals surface area contributed by atoms with Crippen molar-refractivity contribution < 1.29 is 0 Å². The van der Waals surface area contributed by atoms with E-state index in [4.69, 9.17) is 0 Å². The number of hydrogen-bond acceptors (Lipinski definition) is 0. The second kappa shape index (κ2) is 9.49. The first kappa shape index (κ1) is 19.3. The fraction of sp³-hybridized carbons (Fsp3) is 0.154. The zero-order chi connectivity index (χ0) is 19.0. The number of hydrogen-bond donors (Lipinski definition) is 0. The van der Waals surface area contributed by atoms with Gasteiger partial charge in [-0.2, -0.15) is 0 Å². The van der Waals surface area contributed by atoms with Gasteiger partial charge in [0.15, 0.2) is 0 Å². The quantitative estimate of drug-likeness (QED) is 0.470. The molecule has 0 aromatic heterocycles. The Morgan fingerprint density at radius 1 is 0.667 bits per heavy atom. The summed E-state index contributed by atoms with van der Waals surface area (Å²) in [6.07, 6.45) is 7.77. The first-order valence-electron chi connectivity index (χ1n) is 9.45. The van der Waals surface area contributed by atoms with Crippen LogP contribution < -0.4 is 10.6 Å². The lowest BCUT2D eigenvalue weighted by Gasteiger charge is -2.29. The molecule has 0 saturated heterocycles. The molecule has 1 heteroatoms. The van der Waals surface area contributed by atoms with Crippen LogP contribution in [0.1, 0.15) is 25.8 Å². The average molecular weight is 370 g/mol. The van der Waals surface area contributed by atoms with Crippen molar-refractivity contribution in [3.05, 3.63) is 115 Å². The molecule has 0 aliphatic heterocycles. The molecule has 1 aliphatic carbocycles. The monoisotopic (exact) mass is 370 g/mol. The maximum absolute atomic E-state index is 2.30. The Kier molecular flexibility index (Phi) is 6.80. The van der Waals surface area contributed by atoms with Crippen molar-refractivity contribution in [3.63, 3.8) is 0 Å². The summed E-state index contributed by atoms with van der Waals surface area (Å²) < 4.78 is 0. The first-order valence-corrected chi connectivity index (χ1v) is 10.4. The number of rotatable bonds is 3. The van der Waals surface area contributed by atoms with E-state index in [1.54, 1.807) is 0 Å². The van der Waals surface area contributed by atoms with Gasteiger partial charge in [-0.15, -0.1) is 0 Å². The highest BCUT2D eigenvalue weighted by Crippen LogP contribution is 2.39. The maximum Gasteiger partial charge on any atom is -0.00631 e. The molecule has 0 fully saturated rings. The van der Waals surface area contributed by atoms with Gasteiger partial charge in [0, 0.05) is 0 Å². The molecule has 0 saturated carbocycles. The van der Waals surface area contributed by atoms with Crippen LogP contribution in [0, 0.1) is 5.41 Å². The average Bonchev–Trinajstić information content (AvgIpc) is 2.70. The predicted molar refractivity (Wildman–Crippen MR) is 122 cm³/mol. The van der Waals surface area contributed by atoms with Crippen LogP contribution in [0.2, 0.25) is 0 Å². The highest BCUT2D eigenvalue weighted by molar-refractivity contribution is 7.55. The van der Waals surface area contributed by atoms with Crippen LogP contribution in [0.3, 0.4) is 0 Å². The molecule has 1 aliphatic rings. The van der Waals surface area contributed by atoms with Crippen molar-refractivity contribution in [2.24, 2.45) is 5.41 Å². The third-order valence-corrected chi connectivity index (χ3v) is 5.92. The van der Waals surface area contributed by atoms with Gasteiger partial charge in [0.05, 0.1) is 0 Å². The topological polar surface area (TPSA) is 0 Å². The highest BCUT2D eigenvalue weighted by atomic mass is 31.1. The van der Waals surface area contributed by atoms with Crippen LogP contribution in [-0.2, 0) is 0 Å². The predicted octanol–water partition coefficient (Wildman–Crippen LogP) is 6.37. The summed E-state index contributed by atoms with van der Waals surface area (Å²) in [5.41, 5.74) is 3.07. The van der Waals surface area contributed by atoms with Crippen molar-refractivity contribution in [1.82, 2.24) is 0 Å². The van der Waals surface area contributed by atoms with E-state index in [1.165, 1.54) is 21.7 Å². The van der Waals surface area contributed by atoms with Gasteiger partial charge in [0.25, 0.3) is 0 Å². The van der Waals surface area contributed by atoms with E-state index in [0.29, 0.717) is 0 Å². The first-order chi connectivity index (χ1) is 13.1. The van der Waals surface area contributed by atoms with E-state index in [9.17, 15) is 0 Å². The molecular weight excluding hydrogens is 343 g/mol. The summed E-state index contributed by atoms with van der Waals surface area (Å²) in [5.74, 6) is 0. The molecular formula is C26H27P. The summed E-state index contributed by atoms with van der Waals surface area (Å²) in [5, 5.41) is 2.79. The van der Waals surface area contributed by atoms with Crippen molar-refractivity contribution in [3.8, 4) is 0 Å². The summed E-state index contributed by atoms with van der Waals surface area (Å²) in [7, 11) is 0.777. The van der Waals surface area contributed by atoms with Crippen LogP contribution in [0.4, 0.5) is 0 Å². The molecule has 136 valence electrons. The van der Waals surface area contributed by atoms with Crippen LogP contribution in [0.15, 0.2) is 109 Å². The normalized spacial score (nSPS) is 14.7. The van der Waals surface area contributed by atoms with E-state index in [-0.39, 0.29) is 5.41 Å². The van der Waals surface area contributed by atoms with E-state index < -0.39 is 0 Å². The minimum Gasteiger partial charge on any atom is -0.0837 e. The number of allylic oxidation sites excluding steroid dienone is 4. The fourth-order valence-electron chi connectivity index (χ4n) is 3.18. The molecule has 4 rings (SSSR count). The summed E-state index contributed by atoms with van der Waals surface area (Å²) in [6, 6.07) is 31.8. The minimum atomic E-state index is 0.274. The highest BCUT2D eigenvalue weighted by Gasteiger charge is 2.24. The van der Waals surface area contributed by atoms with Gasteiger partial charge < -0.3 is 0 Å². The van der Waals surface area contributed by atoms with Gasteiger partial charge in [-0.3, -0.25) is 0 Å². The Morgan fingerprint density at radius 3 is 1.63 bits per heavy atom. The minimum absolute atomic E-state index is 0.274. The van der Waals surface area contributed by atoms with Gasteiger partial charge in [-0.25, -0.2) is 0 Å². The molecule has 0 bridgehead atoms. The third-order valence-electron chi connectivity index (χ3n) is 4.68. The lowest BCUT2D eigenvalue weighted by molar-refractivity contribution is 0.506. The van der Waals surface area contributed by atoms with Crippen LogP contribution >= 0.6 is 8.58 Å². The zero-order valence-electron chi connectivity index (χ0n) is 16.1. The molecule has 0 radical (unpaired) electrons. The Morgan fingerprint density at radius 2 is 1.15 bits per heavy atom. The number of benzene rings is 3. The second-order valence-electron chi connectivity index (χ2n) is 7.32. The Labute approximate surface area is 165 Å². The van der Waals surface area contributed by atoms with Gasteiger partial charge in [-0.05, 0) is 33.6 Å². The molecule has 0 N–H and O–H groups in total. The lowest BCUT2D eigenvalue weighted by atomic mass is 9.75. The summed E-state index contributed by atoms with van der Waals surface area (Å²) in [4.78, 5) is 0. The van der Waals surface area contributed by atoms with E-state index >= 15 is 0 Å². The molecule has 0 amide bonds. The Balaban J connectivity index is 0.000000156. The smallest absolute Gasteiger partial charge is 0.00631 e. The van der Waals surface area contributed by atoms with Gasteiger partial charge in [0.2, 0.25) is 0 Å². The summed E-state index contributed by atoms with van der Waals surface area (Å²) in [6.45, 7) is 4.60. The van der Waals surface area contributed by atoms with Gasteiger partial charge in [-0.1, -0.05) is 132 Å². The standard InChI is InChI=1S/C14H16.C12H11P/c1-14(2)11-7-6-10-13(14)12-8-4-3-5-9-12;1-3-7-11(8-4-1)13-12-9-5-2-6-10-12/h3-10H,11H2,1-2H3;1-10,13H. The van der Waals surface area contributed by atoms with E-state index in [0.717, 1.165) is 15.0 Å². The SMILES string of the molecule is CC1(C)CC=CC=C1c1ccccc1.c1ccc(Pc2ccccc2)cc1. The Hall–Kier alpha value is -2.43. The van der Waals surface area contributed by atoms with Crippen LogP contribution in [0.5, 0.6) is 0 Å². The third kappa shape index (κ3) is 5.78. The van der Waals surface area contributed by atoms with Crippen molar-refractivity contribution in [2.75, 3.05) is 0 Å². The van der Waals surface area contributed by atoms with E-state index in [1.807, 2.05) is 0 Å². The molecule has 0 nitrogen and oxygen atoms in total. The van der Waals surface area contributed by atoms with Crippen molar-refractivity contribution in [2.45, 2.75) is 20.3 Å². The van der Waals surface area contributed by atoms with Crippen LogP contribution in [-0.4, -0.2) is 0 Å². The molecule has 0 spiro atoms. The molecule has 0 unspecified atom stereocenters. The molecule has 0 heterocycles. The fourth-order valence-corrected chi connectivity index (χ4v) is 4.23. The maximum atomic E-state index is 2.30. The second-order valence-corrected chi connectivity index (χ2v) is 8.72. The van der Waals surface area contributed by atoms with Gasteiger partial charge in [0.1, 0.15) is 0 Å². The molecule has 27 heavy (non-hydrogen) atoms. The van der Waals surface area contributed by atoms with Gasteiger partial charge >= 0.3 is 0 Å². The summed E-state index contributed by atoms with van der Waals surface area (Å²) >= 11 is 0. The molecule has 3 aromatic carbocycles. The Bertz CT molecular complexity index is 838. The molecule has 0 atom stereocenters. The largest absolute Gasteiger partial charge is 0.0837 e. The molecule has 3 aromatic rings. The van der Waals surface area contributed by atoms with Crippen LogP contribution in [0.25, 0.3) is 5.57 Å². The lowest BCUT2D eigenvalue weighted by Crippen LogP contribution is -2.14. The van der Waals surface area contributed by atoms with E-state index in [2.05, 4.69) is 123 Å². The van der Waals surface area contributed by atoms with Crippen molar-refractivity contribution >= 4 is 24.8 Å². The van der Waals surface area contributed by atoms with Crippen molar-refractivity contribution in [1.29, 1.82) is 0 Å². The zero-order valence-corrected chi connectivity index (χ0v) is 17.1.